The Morgan fingerprint density at radius 2 is 1.74 bits per heavy atom. The van der Waals surface area contributed by atoms with Crippen molar-refractivity contribution in [1.82, 2.24) is 14.0 Å². The summed E-state index contributed by atoms with van der Waals surface area (Å²) in [5, 5.41) is 9.00. The van der Waals surface area contributed by atoms with Crippen LogP contribution in [0.3, 0.4) is 0 Å². The average Bonchev–Trinajstić information content (AvgIpc) is 2.83. The van der Waals surface area contributed by atoms with Crippen molar-refractivity contribution in [3.63, 3.8) is 0 Å². The predicted molar refractivity (Wildman–Crippen MR) is 90.4 cm³/mol. The molecule has 23 heavy (non-hydrogen) atoms. The van der Waals surface area contributed by atoms with Gasteiger partial charge in [-0.3, -0.25) is 13.9 Å². The fraction of sp³-hybridized carbons (Fsp3) is 0.529. The molecule has 6 heteroatoms. The summed E-state index contributed by atoms with van der Waals surface area (Å²) in [6.07, 6.45) is 1.14. The smallest absolute Gasteiger partial charge is 0.329 e. The SMILES string of the molecule is CCCn1c(=O)n(CCC(=O)N(CC)CCO)c2ccccc21. The minimum Gasteiger partial charge on any atom is -0.395 e. The van der Waals surface area contributed by atoms with Crippen LogP contribution in [0.15, 0.2) is 29.1 Å². The maximum atomic E-state index is 12.6. The van der Waals surface area contributed by atoms with Gasteiger partial charge in [0.05, 0.1) is 17.6 Å². The third kappa shape index (κ3) is 3.64. The van der Waals surface area contributed by atoms with Gasteiger partial charge in [-0.25, -0.2) is 4.79 Å². The van der Waals surface area contributed by atoms with Crippen LogP contribution < -0.4 is 5.69 Å². The molecule has 0 saturated carbocycles. The van der Waals surface area contributed by atoms with Gasteiger partial charge in [-0.2, -0.15) is 0 Å². The number of benzene rings is 1. The van der Waals surface area contributed by atoms with Gasteiger partial charge in [0.1, 0.15) is 0 Å². The zero-order valence-corrected chi connectivity index (χ0v) is 13.9. The van der Waals surface area contributed by atoms with E-state index >= 15 is 0 Å². The summed E-state index contributed by atoms with van der Waals surface area (Å²) >= 11 is 0. The van der Waals surface area contributed by atoms with Crippen molar-refractivity contribution in [2.75, 3.05) is 19.7 Å². The number of aromatic nitrogens is 2. The van der Waals surface area contributed by atoms with Crippen LogP contribution in [-0.4, -0.2) is 44.7 Å². The van der Waals surface area contributed by atoms with E-state index in [1.54, 1.807) is 14.0 Å². The standard InChI is InChI=1S/C17H25N3O3/c1-3-10-19-14-7-5-6-8-15(14)20(17(19)23)11-9-16(22)18(4-2)12-13-21/h5-8,21H,3-4,9-13H2,1-2H3. The maximum absolute atomic E-state index is 12.6. The lowest BCUT2D eigenvalue weighted by Gasteiger charge is -2.19. The van der Waals surface area contributed by atoms with Crippen LogP contribution in [-0.2, 0) is 17.9 Å². The fourth-order valence-electron chi connectivity index (χ4n) is 2.87. The van der Waals surface area contributed by atoms with E-state index in [1.807, 2.05) is 38.1 Å². The van der Waals surface area contributed by atoms with E-state index in [4.69, 9.17) is 5.11 Å². The number of carbonyl (C=O) groups is 1. The number of rotatable bonds is 8. The Hall–Kier alpha value is -2.08. The van der Waals surface area contributed by atoms with Gasteiger partial charge >= 0.3 is 5.69 Å². The average molecular weight is 319 g/mol. The Bertz CT molecular complexity index is 717. The number of likely N-dealkylation sites (N-methyl/N-ethyl adjacent to an activating group) is 1. The van der Waals surface area contributed by atoms with Crippen molar-refractivity contribution in [3.8, 4) is 0 Å². The van der Waals surface area contributed by atoms with E-state index in [-0.39, 0.29) is 24.6 Å². The van der Waals surface area contributed by atoms with Gasteiger partial charge in [-0.1, -0.05) is 19.1 Å². The Morgan fingerprint density at radius 3 is 2.26 bits per heavy atom. The molecule has 1 amide bonds. The monoisotopic (exact) mass is 319 g/mol. The van der Waals surface area contributed by atoms with E-state index in [1.165, 1.54) is 0 Å². The minimum absolute atomic E-state index is 0.0410. The third-order valence-corrected chi connectivity index (χ3v) is 4.03. The van der Waals surface area contributed by atoms with E-state index < -0.39 is 0 Å². The second-order valence-electron chi connectivity index (χ2n) is 5.52. The van der Waals surface area contributed by atoms with Crippen LogP contribution in [0.25, 0.3) is 11.0 Å². The number of aliphatic hydroxyl groups excluding tert-OH is 1. The van der Waals surface area contributed by atoms with Crippen LogP contribution in [0, 0.1) is 0 Å². The number of amides is 1. The molecule has 1 aromatic carbocycles. The van der Waals surface area contributed by atoms with Gasteiger partial charge in [-0.15, -0.1) is 0 Å². The van der Waals surface area contributed by atoms with Crippen molar-refractivity contribution in [2.45, 2.75) is 39.8 Å². The number of aliphatic hydroxyl groups is 1. The number of carbonyl (C=O) groups excluding carboxylic acids is 1. The third-order valence-electron chi connectivity index (χ3n) is 4.03. The number of aryl methyl sites for hydroxylation is 2. The molecule has 0 unspecified atom stereocenters. The molecule has 2 rings (SSSR count). The van der Waals surface area contributed by atoms with Crippen LogP contribution in [0.2, 0.25) is 0 Å². The molecule has 0 saturated heterocycles. The predicted octanol–water partition coefficient (Wildman–Crippen LogP) is 1.44. The molecule has 0 aliphatic heterocycles. The maximum Gasteiger partial charge on any atom is 0.329 e. The molecule has 0 fully saturated rings. The van der Waals surface area contributed by atoms with Gasteiger partial charge in [-0.05, 0) is 25.5 Å². The molecular formula is C17H25N3O3. The quantitative estimate of drug-likeness (QED) is 0.800. The van der Waals surface area contributed by atoms with Gasteiger partial charge in [0.25, 0.3) is 0 Å². The number of imidazole rings is 1. The molecular weight excluding hydrogens is 294 g/mol. The molecule has 1 aromatic heterocycles. The molecule has 0 spiro atoms. The van der Waals surface area contributed by atoms with Gasteiger partial charge in [0.2, 0.25) is 5.91 Å². The largest absolute Gasteiger partial charge is 0.395 e. The van der Waals surface area contributed by atoms with Crippen molar-refractivity contribution >= 4 is 16.9 Å². The molecule has 126 valence electrons. The van der Waals surface area contributed by atoms with E-state index in [0.29, 0.717) is 26.2 Å². The topological polar surface area (TPSA) is 67.5 Å². The van der Waals surface area contributed by atoms with E-state index in [9.17, 15) is 9.59 Å². The summed E-state index contributed by atoms with van der Waals surface area (Å²) in [6, 6.07) is 7.68. The summed E-state index contributed by atoms with van der Waals surface area (Å²) in [5.41, 5.74) is 1.71. The van der Waals surface area contributed by atoms with Crippen molar-refractivity contribution in [3.05, 3.63) is 34.7 Å². The summed E-state index contributed by atoms with van der Waals surface area (Å²) in [5.74, 6) is -0.0410. The first-order valence-electron chi connectivity index (χ1n) is 8.20. The summed E-state index contributed by atoms with van der Waals surface area (Å²) in [6.45, 7) is 5.80. The Morgan fingerprint density at radius 1 is 1.13 bits per heavy atom. The van der Waals surface area contributed by atoms with Gasteiger partial charge < -0.3 is 10.0 Å². The second kappa shape index (κ2) is 7.97. The first-order valence-corrected chi connectivity index (χ1v) is 8.20. The highest BCUT2D eigenvalue weighted by atomic mass is 16.3. The van der Waals surface area contributed by atoms with E-state index in [0.717, 1.165) is 17.5 Å². The van der Waals surface area contributed by atoms with Crippen molar-refractivity contribution in [2.24, 2.45) is 0 Å². The van der Waals surface area contributed by atoms with Crippen LogP contribution in [0.4, 0.5) is 0 Å². The fourth-order valence-corrected chi connectivity index (χ4v) is 2.87. The van der Waals surface area contributed by atoms with E-state index in [2.05, 4.69) is 0 Å². The highest BCUT2D eigenvalue weighted by molar-refractivity contribution is 5.78. The van der Waals surface area contributed by atoms with Crippen molar-refractivity contribution < 1.29 is 9.90 Å². The Labute approximate surface area is 135 Å². The normalized spacial score (nSPS) is 11.1. The molecule has 1 heterocycles. The zero-order valence-electron chi connectivity index (χ0n) is 13.9. The number of fused-ring (bicyclic) bond motifs is 1. The molecule has 1 N–H and O–H groups in total. The first-order chi connectivity index (χ1) is 11.1. The first kappa shape index (κ1) is 17.3. The van der Waals surface area contributed by atoms with Crippen LogP contribution in [0.5, 0.6) is 0 Å². The molecule has 0 radical (unpaired) electrons. The highest BCUT2D eigenvalue weighted by Gasteiger charge is 2.15. The summed E-state index contributed by atoms with van der Waals surface area (Å²) < 4.78 is 3.45. The van der Waals surface area contributed by atoms with Gasteiger partial charge in [0.15, 0.2) is 0 Å². The number of hydrogen-bond acceptors (Lipinski definition) is 3. The molecule has 0 atom stereocenters. The number of hydrogen-bond donors (Lipinski definition) is 1. The highest BCUT2D eigenvalue weighted by Crippen LogP contribution is 2.13. The molecule has 2 aromatic rings. The lowest BCUT2D eigenvalue weighted by molar-refractivity contribution is -0.131. The van der Waals surface area contributed by atoms with Gasteiger partial charge in [0, 0.05) is 32.6 Å². The van der Waals surface area contributed by atoms with Crippen LogP contribution >= 0.6 is 0 Å². The molecule has 0 aliphatic carbocycles. The number of para-hydroxylation sites is 2. The Balaban J connectivity index is 2.25. The lowest BCUT2D eigenvalue weighted by atomic mass is 10.3. The lowest BCUT2D eigenvalue weighted by Crippen LogP contribution is -2.34. The number of nitrogens with zero attached hydrogens (tertiary/aromatic N) is 3. The summed E-state index contributed by atoms with van der Waals surface area (Å²) in [7, 11) is 0. The van der Waals surface area contributed by atoms with Crippen molar-refractivity contribution in [1.29, 1.82) is 0 Å². The molecule has 0 bridgehead atoms. The zero-order chi connectivity index (χ0) is 16.8. The molecule has 0 aliphatic rings. The second-order valence-corrected chi connectivity index (χ2v) is 5.52. The summed E-state index contributed by atoms with van der Waals surface area (Å²) in [4.78, 5) is 26.4. The molecule has 6 nitrogen and oxygen atoms in total. The Kier molecular flexibility index (Phi) is 5.98. The van der Waals surface area contributed by atoms with Crippen LogP contribution in [0.1, 0.15) is 26.7 Å². The minimum atomic E-state index is -0.0638.